The Bertz CT molecular complexity index is 946. The topological polar surface area (TPSA) is 64.6 Å². The molecule has 0 aliphatic heterocycles. The van der Waals surface area contributed by atoms with Crippen LogP contribution in [0.2, 0.25) is 0 Å². The molecular formula is C21H19NO4. The van der Waals surface area contributed by atoms with Crippen molar-refractivity contribution < 1.29 is 19.1 Å². The zero-order valence-electron chi connectivity index (χ0n) is 14.6. The van der Waals surface area contributed by atoms with Crippen molar-refractivity contribution >= 4 is 28.3 Å². The van der Waals surface area contributed by atoms with Gasteiger partial charge in [-0.2, -0.15) is 0 Å². The molecule has 0 bridgehead atoms. The quantitative estimate of drug-likeness (QED) is 0.706. The van der Waals surface area contributed by atoms with Crippen molar-refractivity contribution in [3.63, 3.8) is 0 Å². The highest BCUT2D eigenvalue weighted by Gasteiger charge is 2.19. The molecule has 0 fully saturated rings. The summed E-state index contributed by atoms with van der Waals surface area (Å²) in [7, 11) is 1.30. The van der Waals surface area contributed by atoms with Crippen molar-refractivity contribution in [3.8, 4) is 5.75 Å². The Morgan fingerprint density at radius 3 is 2.42 bits per heavy atom. The van der Waals surface area contributed by atoms with Crippen molar-refractivity contribution in [1.82, 2.24) is 0 Å². The molecule has 0 spiro atoms. The average Bonchev–Trinajstić information content (AvgIpc) is 2.68. The number of hydrogen-bond acceptors (Lipinski definition) is 4. The highest BCUT2D eigenvalue weighted by Crippen LogP contribution is 2.26. The first-order chi connectivity index (χ1) is 12.6. The summed E-state index contributed by atoms with van der Waals surface area (Å²) in [6.45, 7) is 1.66. The summed E-state index contributed by atoms with van der Waals surface area (Å²) < 4.78 is 10.6. The summed E-state index contributed by atoms with van der Waals surface area (Å²) >= 11 is 0. The van der Waals surface area contributed by atoms with Crippen LogP contribution in [0.1, 0.15) is 17.3 Å². The first-order valence-electron chi connectivity index (χ1n) is 8.23. The number of benzene rings is 3. The fourth-order valence-corrected chi connectivity index (χ4v) is 2.66. The summed E-state index contributed by atoms with van der Waals surface area (Å²) in [4.78, 5) is 24.3. The fourth-order valence-electron chi connectivity index (χ4n) is 2.66. The minimum Gasteiger partial charge on any atom is -0.480 e. The van der Waals surface area contributed by atoms with Gasteiger partial charge in [-0.3, -0.25) is 4.79 Å². The van der Waals surface area contributed by atoms with Crippen LogP contribution in [0.25, 0.3) is 10.8 Å². The molecule has 0 saturated heterocycles. The van der Waals surface area contributed by atoms with E-state index in [1.165, 1.54) is 7.11 Å². The number of hydrogen-bond donors (Lipinski definition) is 1. The number of amides is 1. The van der Waals surface area contributed by atoms with Crippen molar-refractivity contribution in [2.45, 2.75) is 13.0 Å². The van der Waals surface area contributed by atoms with Crippen LogP contribution in [0.5, 0.6) is 5.75 Å². The van der Waals surface area contributed by atoms with Crippen molar-refractivity contribution in [1.29, 1.82) is 0 Å². The minimum atomic E-state index is -0.744. The Hall–Kier alpha value is -3.34. The molecule has 0 saturated carbocycles. The Kier molecular flexibility index (Phi) is 5.17. The number of fused-ring (bicyclic) bond motifs is 1. The number of carbonyl (C=O) groups is 2. The molecule has 132 valence electrons. The van der Waals surface area contributed by atoms with Crippen LogP contribution in [0.3, 0.4) is 0 Å². The lowest BCUT2D eigenvalue weighted by atomic mass is 10.1. The first-order valence-corrected chi connectivity index (χ1v) is 8.23. The zero-order chi connectivity index (χ0) is 18.5. The maximum atomic E-state index is 12.5. The number of nitrogens with one attached hydrogen (secondary N) is 1. The van der Waals surface area contributed by atoms with Gasteiger partial charge in [0, 0.05) is 5.39 Å². The van der Waals surface area contributed by atoms with Crippen LogP contribution in [0.4, 0.5) is 5.69 Å². The lowest BCUT2D eigenvalue weighted by Crippen LogP contribution is -2.30. The lowest BCUT2D eigenvalue weighted by Gasteiger charge is -2.17. The Balaban J connectivity index is 1.78. The molecule has 0 aliphatic rings. The average molecular weight is 349 g/mol. The normalized spacial score (nSPS) is 11.6. The third-order valence-electron chi connectivity index (χ3n) is 4.01. The van der Waals surface area contributed by atoms with Crippen molar-refractivity contribution in [2.75, 3.05) is 12.4 Å². The predicted molar refractivity (Wildman–Crippen MR) is 100 cm³/mol. The maximum Gasteiger partial charge on any atom is 0.339 e. The van der Waals surface area contributed by atoms with Crippen LogP contribution in [-0.2, 0) is 9.53 Å². The predicted octanol–water partition coefficient (Wildman–Crippen LogP) is 4.03. The molecule has 3 aromatic rings. The lowest BCUT2D eigenvalue weighted by molar-refractivity contribution is -0.122. The highest BCUT2D eigenvalue weighted by atomic mass is 16.5. The van der Waals surface area contributed by atoms with Crippen LogP contribution in [0.15, 0.2) is 66.7 Å². The SMILES string of the molecule is COC(=O)c1ccccc1NC(=O)C(C)Oc1cccc2ccccc12. The summed E-state index contributed by atoms with van der Waals surface area (Å²) in [5.74, 6) is -0.232. The van der Waals surface area contributed by atoms with E-state index in [2.05, 4.69) is 5.32 Å². The molecule has 5 nitrogen and oxygen atoms in total. The summed E-state index contributed by atoms with van der Waals surface area (Å²) in [6, 6.07) is 20.2. The van der Waals surface area contributed by atoms with Gasteiger partial charge in [-0.1, -0.05) is 48.5 Å². The molecule has 1 atom stereocenters. The van der Waals surface area contributed by atoms with Gasteiger partial charge in [-0.25, -0.2) is 4.79 Å². The van der Waals surface area contributed by atoms with Gasteiger partial charge in [0.1, 0.15) is 5.75 Å². The highest BCUT2D eigenvalue weighted by molar-refractivity contribution is 6.02. The second kappa shape index (κ2) is 7.70. The van der Waals surface area contributed by atoms with E-state index in [9.17, 15) is 9.59 Å². The van der Waals surface area contributed by atoms with Gasteiger partial charge in [0.15, 0.2) is 6.10 Å². The minimum absolute atomic E-state index is 0.292. The number of esters is 1. The van der Waals surface area contributed by atoms with Crippen LogP contribution in [-0.4, -0.2) is 25.1 Å². The number of para-hydroxylation sites is 1. The molecule has 1 unspecified atom stereocenters. The van der Waals surface area contributed by atoms with Crippen LogP contribution >= 0.6 is 0 Å². The smallest absolute Gasteiger partial charge is 0.339 e. The first kappa shape index (κ1) is 17.5. The Morgan fingerprint density at radius 1 is 0.923 bits per heavy atom. The van der Waals surface area contributed by atoms with E-state index in [4.69, 9.17) is 9.47 Å². The van der Waals surface area contributed by atoms with E-state index in [0.29, 0.717) is 17.0 Å². The number of methoxy groups -OCH3 is 1. The van der Waals surface area contributed by atoms with Gasteiger partial charge >= 0.3 is 5.97 Å². The molecule has 0 aliphatic carbocycles. The molecule has 1 N–H and O–H groups in total. The monoisotopic (exact) mass is 349 g/mol. The molecule has 5 heteroatoms. The molecule has 1 amide bonds. The molecule has 0 aromatic heterocycles. The van der Waals surface area contributed by atoms with E-state index in [1.54, 1.807) is 31.2 Å². The fraction of sp³-hybridized carbons (Fsp3) is 0.143. The number of anilines is 1. The Labute approximate surface area is 151 Å². The van der Waals surface area contributed by atoms with Gasteiger partial charge < -0.3 is 14.8 Å². The number of carbonyl (C=O) groups excluding carboxylic acids is 2. The molecule has 0 heterocycles. The second-order valence-corrected chi connectivity index (χ2v) is 5.76. The molecule has 26 heavy (non-hydrogen) atoms. The number of rotatable bonds is 5. The summed E-state index contributed by atoms with van der Waals surface area (Å²) in [5, 5.41) is 4.70. The molecule has 3 rings (SSSR count). The van der Waals surface area contributed by atoms with Crippen molar-refractivity contribution in [3.05, 3.63) is 72.3 Å². The molecule has 3 aromatic carbocycles. The maximum absolute atomic E-state index is 12.5. The third-order valence-corrected chi connectivity index (χ3v) is 4.01. The van der Waals surface area contributed by atoms with E-state index >= 15 is 0 Å². The second-order valence-electron chi connectivity index (χ2n) is 5.76. The molecule has 0 radical (unpaired) electrons. The van der Waals surface area contributed by atoms with Gasteiger partial charge in [0.05, 0.1) is 18.4 Å². The standard InChI is InChI=1S/C21H19NO4/c1-14(26-19-13-7-9-15-8-3-4-10-16(15)19)20(23)22-18-12-6-5-11-17(18)21(24)25-2/h3-14H,1-2H3,(H,22,23). The summed E-state index contributed by atoms with van der Waals surface area (Å²) in [5.41, 5.74) is 0.679. The third kappa shape index (κ3) is 3.67. The number of ether oxygens (including phenoxy) is 2. The molecular weight excluding hydrogens is 330 g/mol. The van der Waals surface area contributed by atoms with Gasteiger partial charge in [0.25, 0.3) is 5.91 Å². The van der Waals surface area contributed by atoms with E-state index in [1.807, 2.05) is 42.5 Å². The zero-order valence-corrected chi connectivity index (χ0v) is 14.6. The largest absolute Gasteiger partial charge is 0.480 e. The van der Waals surface area contributed by atoms with Gasteiger partial charge in [-0.15, -0.1) is 0 Å². The van der Waals surface area contributed by atoms with Crippen LogP contribution < -0.4 is 10.1 Å². The Morgan fingerprint density at radius 2 is 1.62 bits per heavy atom. The van der Waals surface area contributed by atoms with E-state index in [-0.39, 0.29) is 5.91 Å². The van der Waals surface area contributed by atoms with Crippen LogP contribution in [0, 0.1) is 0 Å². The summed E-state index contributed by atoms with van der Waals surface area (Å²) in [6.07, 6.45) is -0.744. The van der Waals surface area contributed by atoms with E-state index < -0.39 is 12.1 Å². The van der Waals surface area contributed by atoms with Crippen molar-refractivity contribution in [2.24, 2.45) is 0 Å². The van der Waals surface area contributed by atoms with Gasteiger partial charge in [0.2, 0.25) is 0 Å². The van der Waals surface area contributed by atoms with Gasteiger partial charge in [-0.05, 0) is 30.5 Å². The van der Waals surface area contributed by atoms with E-state index in [0.717, 1.165) is 10.8 Å².